The Morgan fingerprint density at radius 2 is 2.17 bits per heavy atom. The minimum Gasteiger partial charge on any atom is -0.350 e. The molecule has 5 heteroatoms. The quantitative estimate of drug-likeness (QED) is 0.834. The second-order valence-electron chi connectivity index (χ2n) is 5.21. The molecule has 0 saturated heterocycles. The molecule has 1 heterocycles. The van der Waals surface area contributed by atoms with Crippen molar-refractivity contribution >= 4 is 17.2 Å². The van der Waals surface area contributed by atoms with Crippen molar-refractivity contribution in [2.45, 2.75) is 58.7 Å². The first-order valence-corrected chi connectivity index (χ1v) is 7.21. The lowest BCUT2D eigenvalue weighted by Gasteiger charge is -2.27. The highest BCUT2D eigenvalue weighted by Crippen LogP contribution is 2.15. The summed E-state index contributed by atoms with van der Waals surface area (Å²) in [5.74, 6) is 0.0326. The molecule has 2 N–H and O–H groups in total. The molecule has 0 radical (unpaired) electrons. The van der Waals surface area contributed by atoms with Crippen molar-refractivity contribution in [1.29, 1.82) is 0 Å². The summed E-state index contributed by atoms with van der Waals surface area (Å²) in [6.07, 6.45) is 2.69. The van der Waals surface area contributed by atoms with Gasteiger partial charge in [0.25, 0.3) is 0 Å². The second-order valence-corrected chi connectivity index (χ2v) is 6.13. The number of hydrogen-bond donors (Lipinski definition) is 2. The zero-order valence-corrected chi connectivity index (χ0v) is 12.6. The second kappa shape index (κ2) is 6.29. The molecule has 0 aliphatic rings. The summed E-state index contributed by atoms with van der Waals surface area (Å²) in [6, 6.07) is -0.134. The maximum absolute atomic E-state index is 12.0. The van der Waals surface area contributed by atoms with E-state index >= 15 is 0 Å². The molecule has 0 aliphatic carbocycles. The molecule has 0 bridgehead atoms. The Morgan fingerprint density at radius 3 is 2.67 bits per heavy atom. The summed E-state index contributed by atoms with van der Waals surface area (Å²) in [7, 11) is 0. The van der Waals surface area contributed by atoms with Crippen molar-refractivity contribution in [1.82, 2.24) is 15.6 Å². The van der Waals surface area contributed by atoms with Crippen LogP contribution in [0.4, 0.5) is 0 Å². The first kappa shape index (κ1) is 15.1. The highest BCUT2D eigenvalue weighted by atomic mass is 32.1. The number of carbonyl (C=O) groups is 1. The molecular weight excluding hydrogens is 246 g/mol. The summed E-state index contributed by atoms with van der Waals surface area (Å²) in [6.45, 7) is 10.0. The van der Waals surface area contributed by atoms with Gasteiger partial charge in [0, 0.05) is 17.1 Å². The average Bonchev–Trinajstić information content (AvgIpc) is 2.81. The van der Waals surface area contributed by atoms with Gasteiger partial charge in [-0.15, -0.1) is 11.3 Å². The van der Waals surface area contributed by atoms with E-state index < -0.39 is 0 Å². The number of aromatic nitrogens is 1. The molecule has 102 valence electrons. The summed E-state index contributed by atoms with van der Waals surface area (Å²) in [5, 5.41) is 9.25. The van der Waals surface area contributed by atoms with E-state index in [4.69, 9.17) is 0 Å². The van der Waals surface area contributed by atoms with Gasteiger partial charge in [0.15, 0.2) is 0 Å². The van der Waals surface area contributed by atoms with E-state index in [0.29, 0.717) is 0 Å². The maximum Gasteiger partial charge on any atom is 0.237 e. The molecule has 0 saturated carbocycles. The van der Waals surface area contributed by atoms with E-state index in [-0.39, 0.29) is 23.5 Å². The number of nitrogens with one attached hydrogen (secondary N) is 2. The Labute approximate surface area is 113 Å². The van der Waals surface area contributed by atoms with Crippen molar-refractivity contribution in [3.8, 4) is 0 Å². The van der Waals surface area contributed by atoms with Crippen LogP contribution in [0.1, 0.15) is 52.1 Å². The lowest BCUT2D eigenvalue weighted by atomic mass is 10.0. The molecule has 0 aromatic carbocycles. The van der Waals surface area contributed by atoms with E-state index in [9.17, 15) is 4.79 Å². The smallest absolute Gasteiger partial charge is 0.237 e. The van der Waals surface area contributed by atoms with Gasteiger partial charge in [-0.2, -0.15) is 0 Å². The molecule has 0 spiro atoms. The van der Waals surface area contributed by atoms with Crippen molar-refractivity contribution in [2.24, 2.45) is 0 Å². The van der Waals surface area contributed by atoms with Crippen LogP contribution in [0, 0.1) is 0 Å². The monoisotopic (exact) mass is 269 g/mol. The minimum absolute atomic E-state index is 0.0326. The van der Waals surface area contributed by atoms with Crippen LogP contribution in [-0.2, 0) is 4.79 Å². The third-order valence-electron chi connectivity index (χ3n) is 3.06. The lowest BCUT2D eigenvalue weighted by Crippen LogP contribution is -2.51. The van der Waals surface area contributed by atoms with Crippen LogP contribution in [0.5, 0.6) is 0 Å². The van der Waals surface area contributed by atoms with Crippen LogP contribution >= 0.6 is 11.3 Å². The van der Waals surface area contributed by atoms with Crippen LogP contribution in [0.2, 0.25) is 0 Å². The predicted octanol–water partition coefficient (Wildman–Crippen LogP) is 2.49. The standard InChI is InChI=1S/C13H23N3OS/c1-6-13(4,5)16-11(17)9(2)15-10(3)12-14-7-8-18-12/h7-10,15H,6H2,1-5H3,(H,16,17). The van der Waals surface area contributed by atoms with Crippen molar-refractivity contribution in [3.05, 3.63) is 16.6 Å². The topological polar surface area (TPSA) is 54.0 Å². The summed E-state index contributed by atoms with van der Waals surface area (Å²) < 4.78 is 0. The molecule has 1 rings (SSSR count). The largest absolute Gasteiger partial charge is 0.350 e. The van der Waals surface area contributed by atoms with Gasteiger partial charge in [-0.1, -0.05) is 6.92 Å². The predicted molar refractivity (Wildman–Crippen MR) is 75.6 cm³/mol. The van der Waals surface area contributed by atoms with Gasteiger partial charge in [0.1, 0.15) is 5.01 Å². The van der Waals surface area contributed by atoms with Crippen LogP contribution < -0.4 is 10.6 Å². The maximum atomic E-state index is 12.0. The van der Waals surface area contributed by atoms with Gasteiger partial charge in [-0.05, 0) is 34.1 Å². The molecule has 1 aromatic heterocycles. The summed E-state index contributed by atoms with van der Waals surface area (Å²) in [5.41, 5.74) is -0.155. The van der Waals surface area contributed by atoms with Crippen molar-refractivity contribution in [2.75, 3.05) is 0 Å². The fraction of sp³-hybridized carbons (Fsp3) is 0.692. The Balaban J connectivity index is 2.50. The van der Waals surface area contributed by atoms with Crippen molar-refractivity contribution in [3.63, 3.8) is 0 Å². The van der Waals surface area contributed by atoms with E-state index in [1.54, 1.807) is 17.5 Å². The summed E-state index contributed by atoms with van der Waals surface area (Å²) >= 11 is 1.60. The first-order valence-electron chi connectivity index (χ1n) is 6.33. The van der Waals surface area contributed by atoms with Gasteiger partial charge in [0.05, 0.1) is 12.1 Å². The van der Waals surface area contributed by atoms with E-state index in [1.807, 2.05) is 33.1 Å². The number of rotatable bonds is 6. The third kappa shape index (κ3) is 4.38. The van der Waals surface area contributed by atoms with Gasteiger partial charge >= 0.3 is 0 Å². The minimum atomic E-state index is -0.227. The Hall–Kier alpha value is -0.940. The normalized spacial score (nSPS) is 15.2. The van der Waals surface area contributed by atoms with E-state index in [1.165, 1.54) is 0 Å². The number of amides is 1. The zero-order chi connectivity index (χ0) is 13.8. The van der Waals surface area contributed by atoms with Gasteiger partial charge in [-0.3, -0.25) is 10.1 Å². The van der Waals surface area contributed by atoms with Gasteiger partial charge in [0.2, 0.25) is 5.91 Å². The SMILES string of the molecule is CCC(C)(C)NC(=O)C(C)NC(C)c1nccs1. The molecule has 2 atom stereocenters. The van der Waals surface area contributed by atoms with Crippen LogP contribution in [0.15, 0.2) is 11.6 Å². The molecule has 0 fully saturated rings. The first-order chi connectivity index (χ1) is 8.35. The summed E-state index contributed by atoms with van der Waals surface area (Å²) in [4.78, 5) is 16.3. The van der Waals surface area contributed by atoms with E-state index in [2.05, 4.69) is 22.5 Å². The molecule has 18 heavy (non-hydrogen) atoms. The van der Waals surface area contributed by atoms with Crippen LogP contribution in [-0.4, -0.2) is 22.5 Å². The zero-order valence-electron chi connectivity index (χ0n) is 11.8. The highest BCUT2D eigenvalue weighted by molar-refractivity contribution is 7.09. The van der Waals surface area contributed by atoms with E-state index in [0.717, 1.165) is 11.4 Å². The molecule has 1 aromatic rings. The molecule has 0 aliphatic heterocycles. The number of carbonyl (C=O) groups excluding carboxylic acids is 1. The van der Waals surface area contributed by atoms with Crippen molar-refractivity contribution < 1.29 is 4.79 Å². The Morgan fingerprint density at radius 1 is 1.50 bits per heavy atom. The molecule has 1 amide bonds. The van der Waals surface area contributed by atoms with Crippen LogP contribution in [0.3, 0.4) is 0 Å². The number of thiazole rings is 1. The fourth-order valence-corrected chi connectivity index (χ4v) is 2.16. The van der Waals surface area contributed by atoms with Crippen LogP contribution in [0.25, 0.3) is 0 Å². The Kier molecular flexibility index (Phi) is 5.28. The average molecular weight is 269 g/mol. The lowest BCUT2D eigenvalue weighted by molar-refractivity contribution is -0.124. The van der Waals surface area contributed by atoms with Gasteiger partial charge in [-0.25, -0.2) is 4.98 Å². The highest BCUT2D eigenvalue weighted by Gasteiger charge is 2.23. The molecule has 2 unspecified atom stereocenters. The Bertz CT molecular complexity index is 376. The molecular formula is C13H23N3OS. The fourth-order valence-electron chi connectivity index (χ4n) is 1.50. The number of nitrogens with zero attached hydrogens (tertiary/aromatic N) is 1. The number of hydrogen-bond acceptors (Lipinski definition) is 4. The third-order valence-corrected chi connectivity index (χ3v) is 4.02. The van der Waals surface area contributed by atoms with Gasteiger partial charge < -0.3 is 5.32 Å². The molecule has 4 nitrogen and oxygen atoms in total.